The zero-order valence-corrected chi connectivity index (χ0v) is 9.36. The van der Waals surface area contributed by atoms with E-state index in [0.29, 0.717) is 5.69 Å². The lowest BCUT2D eigenvalue weighted by Crippen LogP contribution is -2.04. The molecule has 2 rings (SSSR count). The SMILES string of the molecule is O=C(O)c1ccc(Nc2ccc(C(F)(F)F)cc2)o1. The molecule has 19 heavy (non-hydrogen) atoms. The number of nitrogens with one attached hydrogen (secondary N) is 1. The molecule has 1 heterocycles. The van der Waals surface area contributed by atoms with E-state index in [0.717, 1.165) is 12.1 Å². The minimum absolute atomic E-state index is 0.136. The van der Waals surface area contributed by atoms with Crippen LogP contribution >= 0.6 is 0 Å². The van der Waals surface area contributed by atoms with Crippen LogP contribution in [0.25, 0.3) is 0 Å². The van der Waals surface area contributed by atoms with E-state index in [2.05, 4.69) is 5.32 Å². The third-order valence-corrected chi connectivity index (χ3v) is 2.30. The van der Waals surface area contributed by atoms with E-state index in [1.165, 1.54) is 24.3 Å². The monoisotopic (exact) mass is 271 g/mol. The summed E-state index contributed by atoms with van der Waals surface area (Å²) in [5, 5.41) is 11.3. The summed E-state index contributed by atoms with van der Waals surface area (Å²) in [5.41, 5.74) is -0.400. The van der Waals surface area contributed by atoms with Crippen LogP contribution in [-0.4, -0.2) is 11.1 Å². The number of benzene rings is 1. The molecular formula is C12H8F3NO3. The van der Waals surface area contributed by atoms with E-state index in [1.54, 1.807) is 0 Å². The fourth-order valence-electron chi connectivity index (χ4n) is 1.40. The number of alkyl halides is 3. The van der Waals surface area contributed by atoms with Gasteiger partial charge in [0.15, 0.2) is 5.88 Å². The van der Waals surface area contributed by atoms with Gasteiger partial charge in [0, 0.05) is 11.8 Å². The van der Waals surface area contributed by atoms with E-state index in [1.807, 2.05) is 0 Å². The van der Waals surface area contributed by atoms with Gasteiger partial charge in [-0.2, -0.15) is 13.2 Å². The van der Waals surface area contributed by atoms with Crippen molar-refractivity contribution in [3.63, 3.8) is 0 Å². The quantitative estimate of drug-likeness (QED) is 0.892. The van der Waals surface area contributed by atoms with Crippen LogP contribution < -0.4 is 5.32 Å². The minimum atomic E-state index is -4.39. The van der Waals surface area contributed by atoms with Gasteiger partial charge in [-0.15, -0.1) is 0 Å². The molecule has 0 aliphatic rings. The second-order valence-electron chi connectivity index (χ2n) is 3.67. The van der Waals surface area contributed by atoms with Gasteiger partial charge in [-0.05, 0) is 30.3 Å². The second kappa shape index (κ2) is 4.68. The molecule has 2 N–H and O–H groups in total. The summed E-state index contributed by atoms with van der Waals surface area (Å²) < 4.78 is 41.9. The smallest absolute Gasteiger partial charge is 0.416 e. The molecule has 0 saturated heterocycles. The van der Waals surface area contributed by atoms with Gasteiger partial charge >= 0.3 is 12.1 Å². The van der Waals surface area contributed by atoms with Crippen LogP contribution in [0, 0.1) is 0 Å². The topological polar surface area (TPSA) is 62.5 Å². The molecule has 0 radical (unpaired) electrons. The maximum atomic E-state index is 12.3. The van der Waals surface area contributed by atoms with Gasteiger partial charge in [-0.3, -0.25) is 0 Å². The van der Waals surface area contributed by atoms with Crippen molar-refractivity contribution in [1.29, 1.82) is 0 Å². The molecule has 1 aromatic heterocycles. The van der Waals surface area contributed by atoms with Crippen LogP contribution in [0.3, 0.4) is 0 Å². The van der Waals surface area contributed by atoms with E-state index >= 15 is 0 Å². The zero-order chi connectivity index (χ0) is 14.0. The highest BCUT2D eigenvalue weighted by Gasteiger charge is 2.29. The Hall–Kier alpha value is -2.44. The lowest BCUT2D eigenvalue weighted by molar-refractivity contribution is -0.137. The van der Waals surface area contributed by atoms with Crippen molar-refractivity contribution in [2.75, 3.05) is 5.32 Å². The highest BCUT2D eigenvalue weighted by atomic mass is 19.4. The molecule has 1 aromatic carbocycles. The van der Waals surface area contributed by atoms with Crippen molar-refractivity contribution in [2.24, 2.45) is 0 Å². The molecular weight excluding hydrogens is 263 g/mol. The van der Waals surface area contributed by atoms with Gasteiger partial charge in [0.25, 0.3) is 0 Å². The number of carboxylic acids is 1. The Balaban J connectivity index is 2.13. The number of carboxylic acid groups (broad SMARTS) is 1. The molecule has 0 spiro atoms. The summed E-state index contributed by atoms with van der Waals surface area (Å²) in [4.78, 5) is 10.6. The molecule has 0 bridgehead atoms. The highest BCUT2D eigenvalue weighted by molar-refractivity contribution is 5.85. The number of hydrogen-bond donors (Lipinski definition) is 2. The van der Waals surface area contributed by atoms with Gasteiger partial charge in [0.2, 0.25) is 5.76 Å². The molecule has 4 nitrogen and oxygen atoms in total. The summed E-state index contributed by atoms with van der Waals surface area (Å²) in [6, 6.07) is 6.92. The van der Waals surface area contributed by atoms with E-state index in [-0.39, 0.29) is 11.6 Å². The summed E-state index contributed by atoms with van der Waals surface area (Å²) in [6.45, 7) is 0. The number of halogens is 3. The largest absolute Gasteiger partial charge is 0.475 e. The minimum Gasteiger partial charge on any atom is -0.475 e. The van der Waals surface area contributed by atoms with Crippen molar-refractivity contribution in [1.82, 2.24) is 0 Å². The molecule has 7 heteroatoms. The van der Waals surface area contributed by atoms with E-state index in [9.17, 15) is 18.0 Å². The first-order valence-electron chi connectivity index (χ1n) is 5.13. The first-order valence-corrected chi connectivity index (χ1v) is 5.13. The fourth-order valence-corrected chi connectivity index (χ4v) is 1.40. The standard InChI is InChI=1S/C12H8F3NO3/c13-12(14,15)7-1-3-8(4-2-7)16-10-6-5-9(19-10)11(17)18/h1-6,16H,(H,17,18). The van der Waals surface area contributed by atoms with Crippen LogP contribution in [0.4, 0.5) is 24.7 Å². The molecule has 0 saturated carbocycles. The zero-order valence-electron chi connectivity index (χ0n) is 9.36. The van der Waals surface area contributed by atoms with Gasteiger partial charge in [0.05, 0.1) is 5.56 Å². The maximum Gasteiger partial charge on any atom is 0.416 e. The number of rotatable bonds is 3. The number of aromatic carboxylic acids is 1. The normalized spacial score (nSPS) is 11.3. The first kappa shape index (κ1) is 13.0. The van der Waals surface area contributed by atoms with Gasteiger partial charge in [-0.1, -0.05) is 0 Å². The lowest BCUT2D eigenvalue weighted by atomic mass is 10.2. The van der Waals surface area contributed by atoms with E-state index < -0.39 is 17.7 Å². The number of carbonyl (C=O) groups is 1. The van der Waals surface area contributed by atoms with Crippen molar-refractivity contribution in [2.45, 2.75) is 6.18 Å². The van der Waals surface area contributed by atoms with Gasteiger partial charge < -0.3 is 14.8 Å². The third kappa shape index (κ3) is 3.06. The molecule has 0 aliphatic heterocycles. The molecule has 2 aromatic rings. The van der Waals surface area contributed by atoms with Gasteiger partial charge in [-0.25, -0.2) is 4.79 Å². The summed E-state index contributed by atoms with van der Waals surface area (Å²) in [6.07, 6.45) is -4.39. The molecule has 0 atom stereocenters. The maximum absolute atomic E-state index is 12.3. The molecule has 0 amide bonds. The molecule has 0 aliphatic carbocycles. The summed E-state index contributed by atoms with van der Waals surface area (Å²) in [5.74, 6) is -1.34. The van der Waals surface area contributed by atoms with Crippen molar-refractivity contribution in [3.8, 4) is 0 Å². The Kier molecular flexibility index (Phi) is 3.20. The summed E-state index contributed by atoms with van der Waals surface area (Å²) in [7, 11) is 0. The van der Waals surface area contributed by atoms with Crippen LogP contribution in [0.15, 0.2) is 40.8 Å². The second-order valence-corrected chi connectivity index (χ2v) is 3.67. The van der Waals surface area contributed by atoms with Gasteiger partial charge in [0.1, 0.15) is 0 Å². The Morgan fingerprint density at radius 2 is 1.74 bits per heavy atom. The average molecular weight is 271 g/mol. The van der Waals surface area contributed by atoms with Crippen LogP contribution in [0.5, 0.6) is 0 Å². The van der Waals surface area contributed by atoms with Crippen LogP contribution in [0.2, 0.25) is 0 Å². The Bertz CT molecular complexity index is 587. The Morgan fingerprint density at radius 3 is 2.21 bits per heavy atom. The predicted molar refractivity (Wildman–Crippen MR) is 60.4 cm³/mol. The first-order chi connectivity index (χ1) is 8.86. The highest BCUT2D eigenvalue weighted by Crippen LogP contribution is 2.30. The Labute approximate surface area is 105 Å². The third-order valence-electron chi connectivity index (χ3n) is 2.30. The number of anilines is 2. The van der Waals surface area contributed by atoms with Crippen molar-refractivity contribution >= 4 is 17.5 Å². The van der Waals surface area contributed by atoms with Crippen molar-refractivity contribution in [3.05, 3.63) is 47.7 Å². The lowest BCUT2D eigenvalue weighted by Gasteiger charge is -2.07. The van der Waals surface area contributed by atoms with Crippen LogP contribution in [0.1, 0.15) is 16.1 Å². The van der Waals surface area contributed by atoms with Crippen LogP contribution in [-0.2, 0) is 6.18 Å². The number of hydrogen-bond acceptors (Lipinski definition) is 3. The van der Waals surface area contributed by atoms with E-state index in [4.69, 9.17) is 9.52 Å². The molecule has 100 valence electrons. The average Bonchev–Trinajstić information content (AvgIpc) is 2.77. The molecule has 0 unspecified atom stereocenters. The predicted octanol–water partition coefficient (Wildman–Crippen LogP) is 3.74. The van der Waals surface area contributed by atoms with Crippen molar-refractivity contribution < 1.29 is 27.5 Å². The fraction of sp³-hybridized carbons (Fsp3) is 0.0833. The Morgan fingerprint density at radius 1 is 1.11 bits per heavy atom. The summed E-state index contributed by atoms with van der Waals surface area (Å²) >= 11 is 0. The number of furan rings is 1. The molecule has 0 fully saturated rings.